The molecule has 4 heteroatoms. The lowest BCUT2D eigenvalue weighted by molar-refractivity contribution is 0.0986. The summed E-state index contributed by atoms with van der Waals surface area (Å²) in [7, 11) is 0. The number of likely N-dealkylation sites (tertiary alicyclic amines) is 1. The molecule has 2 aliphatic heterocycles. The number of hydrogen-bond donors (Lipinski definition) is 0. The van der Waals surface area contributed by atoms with E-state index < -0.39 is 0 Å². The first-order valence-corrected chi connectivity index (χ1v) is 9.76. The molecule has 0 N–H and O–H groups in total. The second-order valence-corrected chi connectivity index (χ2v) is 7.20. The van der Waals surface area contributed by atoms with Crippen molar-refractivity contribution in [2.24, 2.45) is 0 Å². The van der Waals surface area contributed by atoms with Crippen LogP contribution >= 0.6 is 0 Å². The number of fused-ring (bicyclic) bond motifs is 1. The van der Waals surface area contributed by atoms with Crippen LogP contribution in [-0.4, -0.2) is 50.1 Å². The van der Waals surface area contributed by atoms with Gasteiger partial charge in [0.15, 0.2) is 0 Å². The highest BCUT2D eigenvalue weighted by Crippen LogP contribution is 2.33. The molecule has 2 aliphatic rings. The van der Waals surface area contributed by atoms with Crippen LogP contribution in [0.25, 0.3) is 0 Å². The van der Waals surface area contributed by atoms with E-state index in [2.05, 4.69) is 28.0 Å². The molecular weight excluding hydrogens is 322 g/mol. The SMILES string of the molecule is O=C(c1ccccc1)N1CCN(CCN2CCCCC2)c2ccccc21. The summed E-state index contributed by atoms with van der Waals surface area (Å²) in [6.45, 7) is 6.24. The van der Waals surface area contributed by atoms with Gasteiger partial charge in [0, 0.05) is 31.7 Å². The number of amides is 1. The van der Waals surface area contributed by atoms with Crippen molar-refractivity contribution in [2.45, 2.75) is 19.3 Å². The van der Waals surface area contributed by atoms with E-state index in [1.54, 1.807) is 0 Å². The quantitative estimate of drug-likeness (QED) is 0.843. The van der Waals surface area contributed by atoms with Gasteiger partial charge in [0.2, 0.25) is 0 Å². The second kappa shape index (κ2) is 7.92. The Morgan fingerprint density at radius 2 is 1.42 bits per heavy atom. The molecule has 0 bridgehead atoms. The fraction of sp³-hybridized carbons (Fsp3) is 0.409. The van der Waals surface area contributed by atoms with E-state index in [-0.39, 0.29) is 5.91 Å². The summed E-state index contributed by atoms with van der Waals surface area (Å²) in [4.78, 5) is 19.9. The summed E-state index contributed by atoms with van der Waals surface area (Å²) in [6, 6.07) is 17.9. The van der Waals surface area contributed by atoms with Crippen LogP contribution < -0.4 is 9.80 Å². The van der Waals surface area contributed by atoms with Crippen LogP contribution in [0.1, 0.15) is 29.6 Å². The summed E-state index contributed by atoms with van der Waals surface area (Å²) in [5, 5.41) is 0. The minimum atomic E-state index is 0.0914. The minimum Gasteiger partial charge on any atom is -0.367 e. The Balaban J connectivity index is 1.50. The Labute approximate surface area is 156 Å². The number of nitrogens with zero attached hydrogens (tertiary/aromatic N) is 3. The lowest BCUT2D eigenvalue weighted by atomic mass is 10.1. The van der Waals surface area contributed by atoms with E-state index in [9.17, 15) is 4.79 Å². The molecule has 136 valence electrons. The molecule has 0 saturated carbocycles. The van der Waals surface area contributed by atoms with Crippen molar-refractivity contribution in [1.29, 1.82) is 0 Å². The fourth-order valence-electron chi connectivity index (χ4n) is 4.05. The average molecular weight is 349 g/mol. The zero-order chi connectivity index (χ0) is 17.8. The molecule has 2 aromatic carbocycles. The summed E-state index contributed by atoms with van der Waals surface area (Å²) in [6.07, 6.45) is 4.03. The van der Waals surface area contributed by atoms with Gasteiger partial charge < -0.3 is 14.7 Å². The van der Waals surface area contributed by atoms with Gasteiger partial charge in [-0.2, -0.15) is 0 Å². The van der Waals surface area contributed by atoms with Crippen LogP contribution in [0, 0.1) is 0 Å². The van der Waals surface area contributed by atoms with E-state index >= 15 is 0 Å². The standard InChI is InChI=1S/C22H27N3O/c26-22(19-9-3-1-4-10-19)25-18-17-24(20-11-5-6-12-21(20)25)16-15-23-13-7-2-8-14-23/h1,3-6,9-12H,2,7-8,13-18H2. The first kappa shape index (κ1) is 17.1. The predicted molar refractivity (Wildman–Crippen MR) is 107 cm³/mol. The Bertz CT molecular complexity index is 740. The van der Waals surface area contributed by atoms with E-state index in [1.807, 2.05) is 41.3 Å². The number of para-hydroxylation sites is 2. The molecule has 0 aliphatic carbocycles. The van der Waals surface area contributed by atoms with Crippen molar-refractivity contribution in [2.75, 3.05) is 49.1 Å². The molecule has 1 amide bonds. The maximum Gasteiger partial charge on any atom is 0.258 e. The molecule has 2 heterocycles. The van der Waals surface area contributed by atoms with Crippen molar-refractivity contribution in [3.05, 3.63) is 60.2 Å². The summed E-state index contributed by atoms with van der Waals surface area (Å²) >= 11 is 0. The van der Waals surface area contributed by atoms with Crippen LogP contribution in [0.2, 0.25) is 0 Å². The van der Waals surface area contributed by atoms with E-state index in [0.717, 1.165) is 37.4 Å². The third kappa shape index (κ3) is 3.61. The number of hydrogen-bond acceptors (Lipinski definition) is 3. The minimum absolute atomic E-state index is 0.0914. The molecule has 26 heavy (non-hydrogen) atoms. The molecule has 0 radical (unpaired) electrons. The van der Waals surface area contributed by atoms with Crippen LogP contribution in [0.3, 0.4) is 0 Å². The molecule has 1 saturated heterocycles. The molecule has 0 atom stereocenters. The molecule has 2 aromatic rings. The molecule has 0 unspecified atom stereocenters. The van der Waals surface area contributed by atoms with Crippen molar-refractivity contribution < 1.29 is 4.79 Å². The summed E-state index contributed by atoms with van der Waals surface area (Å²) < 4.78 is 0. The van der Waals surface area contributed by atoms with Crippen molar-refractivity contribution in [3.63, 3.8) is 0 Å². The van der Waals surface area contributed by atoms with Crippen molar-refractivity contribution in [1.82, 2.24) is 4.90 Å². The smallest absolute Gasteiger partial charge is 0.258 e. The maximum atomic E-state index is 13.0. The lowest BCUT2D eigenvalue weighted by Gasteiger charge is -2.39. The summed E-state index contributed by atoms with van der Waals surface area (Å²) in [5.41, 5.74) is 2.97. The van der Waals surface area contributed by atoms with E-state index in [4.69, 9.17) is 0 Å². The topological polar surface area (TPSA) is 26.8 Å². The third-order valence-corrected chi connectivity index (χ3v) is 5.51. The van der Waals surface area contributed by atoms with Gasteiger partial charge in [0.05, 0.1) is 11.4 Å². The van der Waals surface area contributed by atoms with Gasteiger partial charge in [0.25, 0.3) is 5.91 Å². The van der Waals surface area contributed by atoms with E-state index in [1.165, 1.54) is 38.0 Å². The van der Waals surface area contributed by atoms with Gasteiger partial charge in [-0.1, -0.05) is 36.8 Å². The number of piperidine rings is 1. The number of carbonyl (C=O) groups is 1. The van der Waals surface area contributed by atoms with Crippen LogP contribution in [0.5, 0.6) is 0 Å². The summed E-state index contributed by atoms with van der Waals surface area (Å²) in [5.74, 6) is 0.0914. The van der Waals surface area contributed by atoms with Crippen molar-refractivity contribution >= 4 is 17.3 Å². The van der Waals surface area contributed by atoms with Gasteiger partial charge in [-0.25, -0.2) is 0 Å². The molecule has 0 aromatic heterocycles. The molecule has 1 fully saturated rings. The Hall–Kier alpha value is -2.33. The zero-order valence-electron chi connectivity index (χ0n) is 15.3. The van der Waals surface area contributed by atoms with Gasteiger partial charge in [-0.15, -0.1) is 0 Å². The average Bonchev–Trinajstić information content (AvgIpc) is 2.73. The first-order valence-electron chi connectivity index (χ1n) is 9.76. The lowest BCUT2D eigenvalue weighted by Crippen LogP contribution is -2.46. The monoisotopic (exact) mass is 349 g/mol. The van der Waals surface area contributed by atoms with Crippen LogP contribution in [0.4, 0.5) is 11.4 Å². The van der Waals surface area contributed by atoms with Gasteiger partial charge in [-0.3, -0.25) is 4.79 Å². The Morgan fingerprint density at radius 3 is 2.19 bits per heavy atom. The molecule has 4 nitrogen and oxygen atoms in total. The predicted octanol–water partition coefficient (Wildman–Crippen LogP) is 3.64. The van der Waals surface area contributed by atoms with E-state index in [0.29, 0.717) is 0 Å². The first-order chi connectivity index (χ1) is 12.8. The van der Waals surface area contributed by atoms with Gasteiger partial charge >= 0.3 is 0 Å². The van der Waals surface area contributed by atoms with Gasteiger partial charge in [0.1, 0.15) is 0 Å². The van der Waals surface area contributed by atoms with Crippen LogP contribution in [0.15, 0.2) is 54.6 Å². The number of rotatable bonds is 4. The highest BCUT2D eigenvalue weighted by Gasteiger charge is 2.27. The maximum absolute atomic E-state index is 13.0. The number of benzene rings is 2. The Kier molecular flexibility index (Phi) is 5.21. The molecular formula is C22H27N3O. The largest absolute Gasteiger partial charge is 0.367 e. The molecule has 0 spiro atoms. The third-order valence-electron chi connectivity index (χ3n) is 5.51. The Morgan fingerprint density at radius 1 is 0.731 bits per heavy atom. The normalized spacial score (nSPS) is 17.8. The fourth-order valence-corrected chi connectivity index (χ4v) is 4.05. The second-order valence-electron chi connectivity index (χ2n) is 7.20. The number of anilines is 2. The van der Waals surface area contributed by atoms with Crippen LogP contribution in [-0.2, 0) is 0 Å². The highest BCUT2D eigenvalue weighted by atomic mass is 16.2. The number of carbonyl (C=O) groups excluding carboxylic acids is 1. The van der Waals surface area contributed by atoms with Crippen molar-refractivity contribution in [3.8, 4) is 0 Å². The zero-order valence-corrected chi connectivity index (χ0v) is 15.3. The molecule has 4 rings (SSSR count). The highest BCUT2D eigenvalue weighted by molar-refractivity contribution is 6.08. The van der Waals surface area contributed by atoms with Gasteiger partial charge in [-0.05, 0) is 50.2 Å².